The summed E-state index contributed by atoms with van der Waals surface area (Å²) < 4.78 is 11.2. The number of ether oxygens (including phenoxy) is 2. The molecule has 3 aliphatic rings. The second-order valence-corrected chi connectivity index (χ2v) is 13.8. The summed E-state index contributed by atoms with van der Waals surface area (Å²) in [5.41, 5.74) is -2.79. The van der Waals surface area contributed by atoms with Crippen LogP contribution in [-0.2, 0) is 23.9 Å². The summed E-state index contributed by atoms with van der Waals surface area (Å²) in [6, 6.07) is 0. The molecule has 0 aromatic heterocycles. The van der Waals surface area contributed by atoms with Crippen molar-refractivity contribution in [3.8, 4) is 0 Å². The lowest BCUT2D eigenvalue weighted by Crippen LogP contribution is -2.65. The van der Waals surface area contributed by atoms with Gasteiger partial charge in [-0.2, -0.15) is 0 Å². The Kier molecular flexibility index (Phi) is 10.0. The van der Waals surface area contributed by atoms with Crippen LogP contribution < -0.4 is 0 Å². The molecule has 0 saturated heterocycles. The van der Waals surface area contributed by atoms with Crippen molar-refractivity contribution in [2.45, 2.75) is 124 Å². The van der Waals surface area contributed by atoms with Crippen molar-refractivity contribution in [1.82, 2.24) is 0 Å². The summed E-state index contributed by atoms with van der Waals surface area (Å²) in [5.74, 6) is -0.188. The van der Waals surface area contributed by atoms with Gasteiger partial charge in [-0.05, 0) is 92.1 Å². The van der Waals surface area contributed by atoms with Crippen LogP contribution in [0, 0.1) is 40.4 Å². The van der Waals surface area contributed by atoms with Gasteiger partial charge in [-0.1, -0.05) is 34.6 Å². The summed E-state index contributed by atoms with van der Waals surface area (Å²) >= 11 is 0. The van der Waals surface area contributed by atoms with Crippen LogP contribution in [0.15, 0.2) is 11.6 Å². The second-order valence-electron chi connectivity index (χ2n) is 13.8. The number of allylic oxidation sites excluding steroid dienone is 1. The molecule has 0 spiro atoms. The molecule has 8 heteroatoms. The normalized spacial score (nSPS) is 38.3. The fraction of sp³-hybridized carbons (Fsp3) is 0.844. The van der Waals surface area contributed by atoms with Crippen LogP contribution >= 0.6 is 0 Å². The molecule has 0 aromatic carbocycles. The highest BCUT2D eigenvalue weighted by atomic mass is 16.5. The van der Waals surface area contributed by atoms with Gasteiger partial charge in [0.05, 0.1) is 18.1 Å². The van der Waals surface area contributed by atoms with Crippen LogP contribution in [0.5, 0.6) is 0 Å². The number of Topliss-reactive ketones (excluding diaryl/α,β-unsaturated/α-hetero) is 1. The molecular formula is C32H52O8. The van der Waals surface area contributed by atoms with E-state index in [1.165, 1.54) is 19.9 Å². The van der Waals surface area contributed by atoms with Crippen molar-refractivity contribution < 1.29 is 39.2 Å². The standard InChI is InChI=1S/C32H52O8/c1-18(2)20(4)27(40-22(6)34)15-19(3)25-9-10-26(30(25,7)13-14-39-21(5)33)24-16-28(36)32(38)17-23(35)11-12-31(32,8)29(24)37/h16,18-20,23,25-28,35-36,38H,9-15,17H2,1-8H3. The van der Waals surface area contributed by atoms with E-state index in [0.29, 0.717) is 37.2 Å². The van der Waals surface area contributed by atoms with Crippen LogP contribution in [0.3, 0.4) is 0 Å². The molecule has 0 radical (unpaired) electrons. The summed E-state index contributed by atoms with van der Waals surface area (Å²) in [5, 5.41) is 32.9. The van der Waals surface area contributed by atoms with Crippen molar-refractivity contribution in [3.63, 3.8) is 0 Å². The molecule has 2 saturated carbocycles. The van der Waals surface area contributed by atoms with E-state index >= 15 is 0 Å². The number of aliphatic hydroxyl groups excluding tert-OH is 2. The van der Waals surface area contributed by atoms with Gasteiger partial charge in [-0.25, -0.2) is 0 Å². The first-order chi connectivity index (χ1) is 18.5. The number of ketones is 1. The van der Waals surface area contributed by atoms with Gasteiger partial charge in [0.25, 0.3) is 0 Å². The summed E-state index contributed by atoms with van der Waals surface area (Å²) in [7, 11) is 0. The van der Waals surface area contributed by atoms with Crippen molar-refractivity contribution in [1.29, 1.82) is 0 Å². The van der Waals surface area contributed by atoms with Crippen LogP contribution in [0.25, 0.3) is 0 Å². The summed E-state index contributed by atoms with van der Waals surface area (Å²) in [6.07, 6.45) is 2.71. The van der Waals surface area contributed by atoms with E-state index in [2.05, 4.69) is 34.6 Å². The minimum atomic E-state index is -1.71. The molecule has 3 aliphatic carbocycles. The molecule has 2 fully saturated rings. The predicted molar refractivity (Wildman–Crippen MR) is 151 cm³/mol. The Morgan fingerprint density at radius 1 is 1.05 bits per heavy atom. The number of esters is 2. The lowest BCUT2D eigenvalue weighted by atomic mass is 9.53. The Labute approximate surface area is 239 Å². The topological polar surface area (TPSA) is 130 Å². The van der Waals surface area contributed by atoms with Crippen molar-refractivity contribution in [2.24, 2.45) is 40.4 Å². The fourth-order valence-electron chi connectivity index (χ4n) is 8.12. The first-order valence-corrected chi connectivity index (χ1v) is 15.1. The highest BCUT2D eigenvalue weighted by molar-refractivity contribution is 6.02. The number of carbonyl (C=O) groups excluding carboxylic acids is 3. The molecule has 0 bridgehead atoms. The largest absolute Gasteiger partial charge is 0.466 e. The summed E-state index contributed by atoms with van der Waals surface area (Å²) in [4.78, 5) is 37.8. The molecule has 10 unspecified atom stereocenters. The predicted octanol–water partition coefficient (Wildman–Crippen LogP) is 4.37. The summed E-state index contributed by atoms with van der Waals surface area (Å²) in [6.45, 7) is 15.5. The van der Waals surface area contributed by atoms with Gasteiger partial charge in [0.2, 0.25) is 0 Å². The highest BCUT2D eigenvalue weighted by Gasteiger charge is 2.63. The maximum Gasteiger partial charge on any atom is 0.302 e. The zero-order chi connectivity index (χ0) is 30.2. The number of aliphatic hydroxyl groups is 3. The van der Waals surface area contributed by atoms with E-state index in [1.54, 1.807) is 6.92 Å². The average Bonchev–Trinajstić information content (AvgIpc) is 3.18. The molecule has 0 aliphatic heterocycles. The highest BCUT2D eigenvalue weighted by Crippen LogP contribution is 2.60. The number of rotatable bonds is 10. The monoisotopic (exact) mass is 564 g/mol. The Bertz CT molecular complexity index is 989. The minimum absolute atomic E-state index is 0.0419. The average molecular weight is 565 g/mol. The van der Waals surface area contributed by atoms with Crippen LogP contribution in [0.2, 0.25) is 0 Å². The third-order valence-electron chi connectivity index (χ3n) is 11.0. The Balaban J connectivity index is 1.97. The Morgan fingerprint density at radius 3 is 2.27 bits per heavy atom. The molecule has 228 valence electrons. The number of hydrogen-bond acceptors (Lipinski definition) is 8. The van der Waals surface area contributed by atoms with E-state index in [4.69, 9.17) is 9.47 Å². The fourth-order valence-corrected chi connectivity index (χ4v) is 8.12. The molecule has 3 rings (SSSR count). The van der Waals surface area contributed by atoms with Gasteiger partial charge in [-0.3, -0.25) is 14.4 Å². The van der Waals surface area contributed by atoms with Gasteiger partial charge in [0.1, 0.15) is 17.8 Å². The van der Waals surface area contributed by atoms with E-state index in [1.807, 2.05) is 0 Å². The minimum Gasteiger partial charge on any atom is -0.466 e. The van der Waals surface area contributed by atoms with Crippen molar-refractivity contribution >= 4 is 17.7 Å². The third kappa shape index (κ3) is 6.05. The van der Waals surface area contributed by atoms with Crippen LogP contribution in [0.1, 0.15) is 100 Å². The lowest BCUT2D eigenvalue weighted by Gasteiger charge is -2.54. The molecule has 10 atom stereocenters. The van der Waals surface area contributed by atoms with Gasteiger partial charge in [0, 0.05) is 20.3 Å². The first-order valence-electron chi connectivity index (χ1n) is 15.1. The van der Waals surface area contributed by atoms with E-state index in [-0.39, 0.29) is 60.5 Å². The molecule has 0 amide bonds. The zero-order valence-corrected chi connectivity index (χ0v) is 25.7. The number of fused-ring (bicyclic) bond motifs is 1. The van der Waals surface area contributed by atoms with Crippen LogP contribution in [0.4, 0.5) is 0 Å². The first kappa shape index (κ1) is 32.7. The van der Waals surface area contributed by atoms with Crippen molar-refractivity contribution in [3.05, 3.63) is 11.6 Å². The quantitative estimate of drug-likeness (QED) is 0.334. The lowest BCUT2D eigenvalue weighted by molar-refractivity contribution is -0.191. The number of hydrogen-bond donors (Lipinski definition) is 3. The molecule has 0 heterocycles. The Hall–Kier alpha value is -1.77. The maximum atomic E-state index is 14.2. The maximum absolute atomic E-state index is 14.2. The molecule has 8 nitrogen and oxygen atoms in total. The van der Waals surface area contributed by atoms with Crippen LogP contribution in [-0.4, -0.2) is 63.6 Å². The zero-order valence-electron chi connectivity index (χ0n) is 25.7. The van der Waals surface area contributed by atoms with E-state index in [9.17, 15) is 29.7 Å². The Morgan fingerprint density at radius 2 is 1.70 bits per heavy atom. The third-order valence-corrected chi connectivity index (χ3v) is 11.0. The van der Waals surface area contributed by atoms with Crippen molar-refractivity contribution in [2.75, 3.05) is 6.61 Å². The molecular weight excluding hydrogens is 512 g/mol. The van der Waals surface area contributed by atoms with E-state index < -0.39 is 28.6 Å². The number of carbonyl (C=O) groups is 3. The van der Waals surface area contributed by atoms with E-state index in [0.717, 1.165) is 12.8 Å². The van der Waals surface area contributed by atoms with Gasteiger partial charge < -0.3 is 24.8 Å². The van der Waals surface area contributed by atoms with Gasteiger partial charge >= 0.3 is 11.9 Å². The SMILES string of the molecule is CC(=O)OCCC1(C)C(C2=CC(O)C3(O)CC(O)CCC3(C)C2=O)CCC1C(C)CC(OC(C)=O)C(C)C(C)C. The smallest absolute Gasteiger partial charge is 0.302 e. The van der Waals surface area contributed by atoms with Gasteiger partial charge in [-0.15, -0.1) is 0 Å². The molecule has 40 heavy (non-hydrogen) atoms. The van der Waals surface area contributed by atoms with Gasteiger partial charge in [0.15, 0.2) is 5.78 Å². The second kappa shape index (κ2) is 12.2. The molecule has 3 N–H and O–H groups in total. The molecule has 0 aromatic rings.